The summed E-state index contributed by atoms with van der Waals surface area (Å²) in [5, 5.41) is 11.8. The molecule has 2 atom stereocenters. The lowest BCUT2D eigenvalue weighted by Gasteiger charge is -2.18. The number of nitriles is 1. The Morgan fingerprint density at radius 1 is 1.50 bits per heavy atom. The van der Waals surface area contributed by atoms with E-state index in [-0.39, 0.29) is 17.7 Å². The van der Waals surface area contributed by atoms with Gasteiger partial charge in [-0.3, -0.25) is 4.79 Å². The van der Waals surface area contributed by atoms with Crippen LogP contribution in [0.15, 0.2) is 29.2 Å². The summed E-state index contributed by atoms with van der Waals surface area (Å²) in [5.74, 6) is 0.735. The molecule has 0 spiro atoms. The Morgan fingerprint density at radius 2 is 2.22 bits per heavy atom. The molecule has 0 fully saturated rings. The number of rotatable bonds is 3. The van der Waals surface area contributed by atoms with Crippen molar-refractivity contribution in [3.63, 3.8) is 0 Å². The molecule has 0 saturated heterocycles. The summed E-state index contributed by atoms with van der Waals surface area (Å²) in [6, 6.07) is 9.71. The van der Waals surface area contributed by atoms with Crippen LogP contribution in [0.4, 0.5) is 0 Å². The van der Waals surface area contributed by atoms with Crippen LogP contribution in [0.3, 0.4) is 0 Å². The summed E-state index contributed by atoms with van der Waals surface area (Å²) in [7, 11) is 0. The molecule has 1 aliphatic heterocycles. The maximum absolute atomic E-state index is 12.2. The van der Waals surface area contributed by atoms with E-state index >= 15 is 0 Å². The fourth-order valence-corrected chi connectivity index (χ4v) is 3.21. The summed E-state index contributed by atoms with van der Waals surface area (Å²) in [6.45, 7) is 3.87. The second-order valence-electron chi connectivity index (χ2n) is 4.76. The fourth-order valence-electron chi connectivity index (χ4n) is 1.98. The monoisotopic (exact) mass is 260 g/mol. The summed E-state index contributed by atoms with van der Waals surface area (Å²) in [5.41, 5.74) is 1.08. The molecule has 0 radical (unpaired) electrons. The molecule has 2 unspecified atom stereocenters. The highest BCUT2D eigenvalue weighted by Gasteiger charge is 2.30. The van der Waals surface area contributed by atoms with Gasteiger partial charge in [0.05, 0.1) is 12.0 Å². The SMILES string of the molecule is CC(C)C(C#N)NC(=O)C1CSc2ccccc21. The molecule has 1 N–H and O–H groups in total. The van der Waals surface area contributed by atoms with Gasteiger partial charge in [-0.25, -0.2) is 0 Å². The number of nitrogens with one attached hydrogen (secondary N) is 1. The van der Waals surface area contributed by atoms with Gasteiger partial charge < -0.3 is 5.32 Å². The second kappa shape index (κ2) is 5.45. The molecule has 0 aliphatic carbocycles. The zero-order valence-electron chi connectivity index (χ0n) is 10.5. The third kappa shape index (κ3) is 2.51. The van der Waals surface area contributed by atoms with Gasteiger partial charge in [0.1, 0.15) is 6.04 Å². The third-order valence-corrected chi connectivity index (χ3v) is 4.30. The summed E-state index contributed by atoms with van der Waals surface area (Å²) >= 11 is 1.70. The number of nitrogens with zero attached hydrogens (tertiary/aromatic N) is 1. The standard InChI is InChI=1S/C14H16N2OS/c1-9(2)12(7-15)16-14(17)11-8-18-13-6-4-3-5-10(11)13/h3-6,9,11-12H,8H2,1-2H3,(H,16,17). The van der Waals surface area contributed by atoms with E-state index in [4.69, 9.17) is 5.26 Å². The van der Waals surface area contributed by atoms with E-state index in [1.54, 1.807) is 11.8 Å². The van der Waals surface area contributed by atoms with Crippen LogP contribution in [-0.2, 0) is 4.79 Å². The third-order valence-electron chi connectivity index (χ3n) is 3.12. The van der Waals surface area contributed by atoms with Crippen molar-refractivity contribution in [3.8, 4) is 6.07 Å². The number of hydrogen-bond acceptors (Lipinski definition) is 3. The Morgan fingerprint density at radius 3 is 2.89 bits per heavy atom. The number of carbonyl (C=O) groups is 1. The van der Waals surface area contributed by atoms with Crippen molar-refractivity contribution in [2.24, 2.45) is 5.92 Å². The van der Waals surface area contributed by atoms with Crippen LogP contribution < -0.4 is 5.32 Å². The quantitative estimate of drug-likeness (QED) is 0.908. The lowest BCUT2D eigenvalue weighted by atomic mass is 9.99. The van der Waals surface area contributed by atoms with Crippen molar-refractivity contribution in [3.05, 3.63) is 29.8 Å². The lowest BCUT2D eigenvalue weighted by Crippen LogP contribution is -2.40. The van der Waals surface area contributed by atoms with Crippen LogP contribution in [0.1, 0.15) is 25.3 Å². The first-order chi connectivity index (χ1) is 8.63. The van der Waals surface area contributed by atoms with E-state index in [1.165, 1.54) is 4.90 Å². The average Bonchev–Trinajstić information content (AvgIpc) is 2.79. The maximum atomic E-state index is 12.2. The van der Waals surface area contributed by atoms with Crippen LogP contribution >= 0.6 is 11.8 Å². The van der Waals surface area contributed by atoms with E-state index in [0.717, 1.165) is 11.3 Å². The van der Waals surface area contributed by atoms with Crippen LogP contribution in [0, 0.1) is 17.2 Å². The van der Waals surface area contributed by atoms with Gasteiger partial charge in [-0.1, -0.05) is 32.0 Å². The minimum absolute atomic E-state index is 0.0345. The highest BCUT2D eigenvalue weighted by atomic mass is 32.2. The van der Waals surface area contributed by atoms with Crippen molar-refractivity contribution >= 4 is 17.7 Å². The maximum Gasteiger partial charge on any atom is 0.229 e. The van der Waals surface area contributed by atoms with Gasteiger partial charge in [-0.15, -0.1) is 11.8 Å². The van der Waals surface area contributed by atoms with Crippen molar-refractivity contribution in [2.75, 3.05) is 5.75 Å². The molecule has 1 aromatic carbocycles. The molecular weight excluding hydrogens is 244 g/mol. The highest BCUT2D eigenvalue weighted by molar-refractivity contribution is 7.99. The predicted octanol–water partition coefficient (Wildman–Crippen LogP) is 2.54. The molecule has 1 amide bonds. The van der Waals surface area contributed by atoms with Crippen molar-refractivity contribution in [2.45, 2.75) is 30.7 Å². The molecule has 1 heterocycles. The minimum Gasteiger partial charge on any atom is -0.340 e. The van der Waals surface area contributed by atoms with Crippen molar-refractivity contribution in [1.29, 1.82) is 5.26 Å². The summed E-state index contributed by atoms with van der Waals surface area (Å²) in [6.07, 6.45) is 0. The van der Waals surface area contributed by atoms with Gasteiger partial charge in [-0.2, -0.15) is 5.26 Å². The van der Waals surface area contributed by atoms with Gasteiger partial charge in [0, 0.05) is 10.6 Å². The summed E-state index contributed by atoms with van der Waals surface area (Å²) in [4.78, 5) is 13.4. The van der Waals surface area contributed by atoms with Gasteiger partial charge >= 0.3 is 0 Å². The smallest absolute Gasteiger partial charge is 0.229 e. The van der Waals surface area contributed by atoms with Crippen molar-refractivity contribution in [1.82, 2.24) is 5.32 Å². The zero-order chi connectivity index (χ0) is 13.1. The number of carbonyl (C=O) groups excluding carboxylic acids is 1. The van der Waals surface area contributed by atoms with E-state index in [9.17, 15) is 4.79 Å². The number of fused-ring (bicyclic) bond motifs is 1. The van der Waals surface area contributed by atoms with E-state index in [2.05, 4.69) is 11.4 Å². The van der Waals surface area contributed by atoms with Crippen molar-refractivity contribution < 1.29 is 4.79 Å². The molecule has 1 aromatic rings. The minimum atomic E-state index is -0.407. The molecule has 1 aliphatic rings. The van der Waals surface area contributed by atoms with Crippen LogP contribution in [0.5, 0.6) is 0 Å². The molecular formula is C14H16N2OS. The fraction of sp³-hybridized carbons (Fsp3) is 0.429. The number of hydrogen-bond donors (Lipinski definition) is 1. The Balaban J connectivity index is 2.10. The molecule has 2 rings (SSSR count). The number of amides is 1. The largest absolute Gasteiger partial charge is 0.340 e. The van der Waals surface area contributed by atoms with E-state index < -0.39 is 6.04 Å². The highest BCUT2D eigenvalue weighted by Crippen LogP contribution is 2.39. The lowest BCUT2D eigenvalue weighted by molar-refractivity contribution is -0.122. The molecule has 0 aromatic heterocycles. The normalized spacial score (nSPS) is 19.1. The predicted molar refractivity (Wildman–Crippen MR) is 72.3 cm³/mol. The molecule has 18 heavy (non-hydrogen) atoms. The van der Waals surface area contributed by atoms with Gasteiger partial charge in [0.15, 0.2) is 0 Å². The van der Waals surface area contributed by atoms with Gasteiger partial charge in [0.2, 0.25) is 5.91 Å². The molecule has 94 valence electrons. The molecule has 0 bridgehead atoms. The average molecular weight is 260 g/mol. The molecule has 3 nitrogen and oxygen atoms in total. The van der Waals surface area contributed by atoms with Gasteiger partial charge in [-0.05, 0) is 17.5 Å². The first kappa shape index (κ1) is 13.0. The second-order valence-corrected chi connectivity index (χ2v) is 5.82. The topological polar surface area (TPSA) is 52.9 Å². The van der Waals surface area contributed by atoms with Crippen LogP contribution in [-0.4, -0.2) is 17.7 Å². The Kier molecular flexibility index (Phi) is 3.93. The van der Waals surface area contributed by atoms with Gasteiger partial charge in [0.25, 0.3) is 0 Å². The Hall–Kier alpha value is -1.47. The molecule has 0 saturated carbocycles. The Labute approximate surface area is 112 Å². The molecule has 4 heteroatoms. The Bertz CT molecular complexity index is 493. The van der Waals surface area contributed by atoms with Crippen LogP contribution in [0.25, 0.3) is 0 Å². The zero-order valence-corrected chi connectivity index (χ0v) is 11.3. The van der Waals surface area contributed by atoms with Crippen LogP contribution in [0.2, 0.25) is 0 Å². The summed E-state index contributed by atoms with van der Waals surface area (Å²) < 4.78 is 0. The first-order valence-electron chi connectivity index (χ1n) is 6.05. The first-order valence-corrected chi connectivity index (χ1v) is 7.03. The van der Waals surface area contributed by atoms with E-state index in [1.807, 2.05) is 38.1 Å². The van der Waals surface area contributed by atoms with E-state index in [0.29, 0.717) is 0 Å². The number of benzene rings is 1. The number of thioether (sulfide) groups is 1.